The van der Waals surface area contributed by atoms with Crippen LogP contribution >= 0.6 is 0 Å². The first-order chi connectivity index (χ1) is 16.5. The molecule has 3 aromatic rings. The lowest BCUT2D eigenvalue weighted by molar-refractivity contribution is -0.385. The van der Waals surface area contributed by atoms with Crippen molar-refractivity contribution in [3.05, 3.63) is 111 Å². The number of nitro groups is 1. The summed E-state index contributed by atoms with van der Waals surface area (Å²) in [6.07, 6.45) is 0. The zero-order valence-corrected chi connectivity index (χ0v) is 18.5. The summed E-state index contributed by atoms with van der Waals surface area (Å²) in [5.74, 6) is -1.07. The van der Waals surface area contributed by atoms with E-state index in [9.17, 15) is 19.7 Å². The van der Waals surface area contributed by atoms with Crippen LogP contribution < -0.4 is 0 Å². The molecule has 2 aliphatic rings. The number of carbonyl (C=O) groups excluding carboxylic acids is 2. The van der Waals surface area contributed by atoms with Crippen LogP contribution in [0.5, 0.6) is 0 Å². The summed E-state index contributed by atoms with van der Waals surface area (Å²) in [4.78, 5) is 42.1. The van der Waals surface area contributed by atoms with Crippen molar-refractivity contribution in [1.29, 1.82) is 0 Å². The molecule has 2 heterocycles. The summed E-state index contributed by atoms with van der Waals surface area (Å²) in [5.41, 5.74) is 2.11. The summed E-state index contributed by atoms with van der Waals surface area (Å²) in [7, 11) is 0. The minimum Gasteiger partial charge on any atom is -0.290 e. The lowest BCUT2D eigenvalue weighted by Gasteiger charge is -2.40. The van der Waals surface area contributed by atoms with Gasteiger partial charge in [0.25, 0.3) is 17.5 Å². The summed E-state index contributed by atoms with van der Waals surface area (Å²) in [5, 5.41) is 11.4. The molecule has 0 spiro atoms. The van der Waals surface area contributed by atoms with Crippen LogP contribution in [0.3, 0.4) is 0 Å². The predicted molar refractivity (Wildman–Crippen MR) is 126 cm³/mol. The molecule has 0 N–H and O–H groups in total. The van der Waals surface area contributed by atoms with Crippen molar-refractivity contribution in [3.63, 3.8) is 0 Å². The molecule has 1 saturated heterocycles. The van der Waals surface area contributed by atoms with Crippen molar-refractivity contribution in [3.8, 4) is 0 Å². The highest BCUT2D eigenvalue weighted by Crippen LogP contribution is 2.32. The minimum atomic E-state index is -0.612. The number of rotatable bonds is 6. The Kier molecular flexibility index (Phi) is 5.91. The van der Waals surface area contributed by atoms with E-state index in [1.54, 1.807) is 0 Å². The fourth-order valence-electron chi connectivity index (χ4n) is 4.84. The van der Waals surface area contributed by atoms with Gasteiger partial charge in [-0.05, 0) is 17.2 Å². The highest BCUT2D eigenvalue weighted by molar-refractivity contribution is 6.23. The maximum atomic E-state index is 12.9. The molecule has 172 valence electrons. The van der Waals surface area contributed by atoms with Gasteiger partial charge in [-0.1, -0.05) is 66.7 Å². The number of imide groups is 1. The number of nitro benzene ring substituents is 1. The van der Waals surface area contributed by atoms with E-state index < -0.39 is 16.7 Å². The Bertz CT molecular complexity index is 1180. The average molecular weight is 457 g/mol. The first-order valence-electron chi connectivity index (χ1n) is 11.2. The Balaban J connectivity index is 1.30. The van der Waals surface area contributed by atoms with Gasteiger partial charge >= 0.3 is 0 Å². The Morgan fingerprint density at radius 3 is 1.91 bits per heavy atom. The van der Waals surface area contributed by atoms with Crippen LogP contribution in [0, 0.1) is 10.1 Å². The van der Waals surface area contributed by atoms with Crippen molar-refractivity contribution in [2.45, 2.75) is 6.04 Å². The fraction of sp³-hybridized carbons (Fsp3) is 0.231. The number of hydrogen-bond donors (Lipinski definition) is 0. The number of benzene rings is 3. The summed E-state index contributed by atoms with van der Waals surface area (Å²) in [6.45, 7) is 2.99. The minimum absolute atomic E-state index is 0.103. The van der Waals surface area contributed by atoms with Gasteiger partial charge in [0.15, 0.2) is 0 Å². The second-order valence-electron chi connectivity index (χ2n) is 8.51. The highest BCUT2D eigenvalue weighted by atomic mass is 16.6. The number of nitrogens with zero attached hydrogens (tertiary/aromatic N) is 4. The number of carbonyl (C=O) groups is 2. The molecule has 34 heavy (non-hydrogen) atoms. The standard InChI is InChI=1S/C26H24N4O4/c31-25-21-12-7-13-22(30(33)34)23(21)26(32)29(25)18-27-14-16-28(17-15-27)24(19-8-3-1-4-9-19)20-10-5-2-6-11-20/h1-13,24H,14-18H2. The zero-order chi connectivity index (χ0) is 23.7. The van der Waals surface area contributed by atoms with Gasteiger partial charge < -0.3 is 0 Å². The van der Waals surface area contributed by atoms with E-state index in [0.717, 1.165) is 18.0 Å². The molecule has 0 unspecified atom stereocenters. The predicted octanol–water partition coefficient (Wildman–Crippen LogP) is 3.56. The molecule has 8 heteroatoms. The third kappa shape index (κ3) is 3.98. The third-order valence-electron chi connectivity index (χ3n) is 6.52. The van der Waals surface area contributed by atoms with Gasteiger partial charge in [0.2, 0.25) is 0 Å². The molecule has 8 nitrogen and oxygen atoms in total. The molecule has 1 fully saturated rings. The quantitative estimate of drug-likeness (QED) is 0.320. The fourth-order valence-corrected chi connectivity index (χ4v) is 4.84. The highest BCUT2D eigenvalue weighted by Gasteiger charge is 2.41. The van der Waals surface area contributed by atoms with Crippen molar-refractivity contribution >= 4 is 17.5 Å². The van der Waals surface area contributed by atoms with Crippen molar-refractivity contribution in [2.75, 3.05) is 32.8 Å². The van der Waals surface area contributed by atoms with Crippen LogP contribution in [0.1, 0.15) is 37.9 Å². The van der Waals surface area contributed by atoms with Gasteiger partial charge in [0.05, 0.1) is 23.2 Å². The first-order valence-corrected chi connectivity index (χ1v) is 11.2. The van der Waals surface area contributed by atoms with Crippen LogP contribution in [0.25, 0.3) is 0 Å². The normalized spacial score (nSPS) is 16.8. The molecule has 2 amide bonds. The van der Waals surface area contributed by atoms with Crippen molar-refractivity contribution < 1.29 is 14.5 Å². The molecule has 0 bridgehead atoms. The van der Waals surface area contributed by atoms with Gasteiger partial charge in [-0.2, -0.15) is 0 Å². The number of hydrogen-bond acceptors (Lipinski definition) is 6. The van der Waals surface area contributed by atoms with Crippen LogP contribution in [0.4, 0.5) is 5.69 Å². The molecule has 0 aromatic heterocycles. The Morgan fingerprint density at radius 2 is 1.35 bits per heavy atom. The third-order valence-corrected chi connectivity index (χ3v) is 6.52. The molecule has 2 aliphatic heterocycles. The Morgan fingerprint density at radius 1 is 0.765 bits per heavy atom. The van der Waals surface area contributed by atoms with E-state index in [1.807, 2.05) is 36.4 Å². The molecule has 0 saturated carbocycles. The molecule has 5 rings (SSSR count). The smallest absolute Gasteiger partial charge is 0.282 e. The SMILES string of the molecule is O=C1c2cccc([N+](=O)[O-])c2C(=O)N1CN1CCN(C(c2ccccc2)c2ccccc2)CC1. The van der Waals surface area contributed by atoms with E-state index in [1.165, 1.54) is 29.3 Å². The van der Waals surface area contributed by atoms with Crippen LogP contribution in [-0.4, -0.2) is 64.3 Å². The second-order valence-corrected chi connectivity index (χ2v) is 8.51. The van der Waals surface area contributed by atoms with Crippen LogP contribution in [0.2, 0.25) is 0 Å². The maximum Gasteiger partial charge on any atom is 0.282 e. The van der Waals surface area contributed by atoms with E-state index in [2.05, 4.69) is 34.1 Å². The largest absolute Gasteiger partial charge is 0.290 e. The van der Waals surface area contributed by atoms with Gasteiger partial charge in [-0.3, -0.25) is 34.4 Å². The van der Waals surface area contributed by atoms with Crippen LogP contribution in [-0.2, 0) is 0 Å². The maximum absolute atomic E-state index is 12.9. The number of fused-ring (bicyclic) bond motifs is 1. The molecule has 0 aliphatic carbocycles. The number of amides is 2. The summed E-state index contributed by atoms with van der Waals surface area (Å²) >= 11 is 0. The molecule has 0 radical (unpaired) electrons. The number of piperazine rings is 1. The molecule has 3 aromatic carbocycles. The van der Waals surface area contributed by atoms with E-state index >= 15 is 0 Å². The zero-order valence-electron chi connectivity index (χ0n) is 18.5. The van der Waals surface area contributed by atoms with E-state index in [0.29, 0.717) is 13.1 Å². The van der Waals surface area contributed by atoms with Crippen molar-refractivity contribution in [2.24, 2.45) is 0 Å². The van der Waals surface area contributed by atoms with Crippen LogP contribution in [0.15, 0.2) is 78.9 Å². The first kappa shape index (κ1) is 21.9. The van der Waals surface area contributed by atoms with Gasteiger partial charge in [-0.15, -0.1) is 0 Å². The van der Waals surface area contributed by atoms with Gasteiger partial charge in [0, 0.05) is 32.2 Å². The van der Waals surface area contributed by atoms with E-state index in [4.69, 9.17) is 0 Å². The van der Waals surface area contributed by atoms with E-state index in [-0.39, 0.29) is 29.5 Å². The summed E-state index contributed by atoms with van der Waals surface area (Å²) < 4.78 is 0. The lowest BCUT2D eigenvalue weighted by Crippen LogP contribution is -2.51. The Hall–Kier alpha value is -3.88. The Labute approximate surface area is 197 Å². The molecule has 0 atom stereocenters. The second kappa shape index (κ2) is 9.17. The molecular weight excluding hydrogens is 432 g/mol. The average Bonchev–Trinajstić information content (AvgIpc) is 3.11. The van der Waals surface area contributed by atoms with Gasteiger partial charge in [-0.25, -0.2) is 0 Å². The monoisotopic (exact) mass is 456 g/mol. The summed E-state index contributed by atoms with van der Waals surface area (Å²) in [6, 6.07) is 25.0. The lowest BCUT2D eigenvalue weighted by atomic mass is 9.96. The van der Waals surface area contributed by atoms with Crippen molar-refractivity contribution in [1.82, 2.24) is 14.7 Å². The van der Waals surface area contributed by atoms with Gasteiger partial charge in [0.1, 0.15) is 5.56 Å². The molecular formula is C26H24N4O4. The topological polar surface area (TPSA) is 87.0 Å².